The van der Waals surface area contributed by atoms with Crippen molar-refractivity contribution in [2.75, 3.05) is 24.3 Å². The van der Waals surface area contributed by atoms with Crippen LogP contribution in [0.1, 0.15) is 22.5 Å². The van der Waals surface area contributed by atoms with E-state index in [2.05, 4.69) is 4.98 Å². The van der Waals surface area contributed by atoms with Crippen molar-refractivity contribution in [3.63, 3.8) is 0 Å². The number of hydrogen-bond donors (Lipinski definition) is 1. The third-order valence-electron chi connectivity index (χ3n) is 3.38. The molecule has 0 aromatic carbocycles. The third-order valence-corrected chi connectivity index (χ3v) is 5.13. The molecule has 7 heteroatoms. The molecule has 19 heavy (non-hydrogen) atoms. The van der Waals surface area contributed by atoms with E-state index < -0.39 is 9.84 Å². The lowest BCUT2D eigenvalue weighted by molar-refractivity contribution is 0.0748. The number of pyridine rings is 1. The third kappa shape index (κ3) is 2.86. The molecule has 0 bridgehead atoms. The smallest absolute Gasteiger partial charge is 0.257 e. The summed E-state index contributed by atoms with van der Waals surface area (Å²) in [5.41, 5.74) is 7.23. The summed E-state index contributed by atoms with van der Waals surface area (Å²) in [4.78, 5) is 17.8. The molecule has 0 saturated carbocycles. The highest BCUT2D eigenvalue weighted by molar-refractivity contribution is 7.91. The predicted molar refractivity (Wildman–Crippen MR) is 72.5 cm³/mol. The molecule has 0 aliphatic carbocycles. The highest BCUT2D eigenvalue weighted by Crippen LogP contribution is 2.20. The van der Waals surface area contributed by atoms with E-state index in [9.17, 15) is 13.2 Å². The van der Waals surface area contributed by atoms with E-state index in [-0.39, 0.29) is 23.5 Å². The van der Waals surface area contributed by atoms with Crippen LogP contribution in [0.25, 0.3) is 0 Å². The molecule has 1 aromatic heterocycles. The Bertz CT molecular complexity index is 613. The van der Waals surface area contributed by atoms with Gasteiger partial charge in [-0.15, -0.1) is 0 Å². The van der Waals surface area contributed by atoms with E-state index in [0.717, 1.165) is 5.69 Å². The van der Waals surface area contributed by atoms with Gasteiger partial charge in [-0.05, 0) is 19.4 Å². The van der Waals surface area contributed by atoms with Crippen molar-refractivity contribution in [1.29, 1.82) is 0 Å². The van der Waals surface area contributed by atoms with Crippen molar-refractivity contribution in [3.05, 3.63) is 23.5 Å². The summed E-state index contributed by atoms with van der Waals surface area (Å²) in [6.45, 7) is 1.79. The molecular formula is C12H17N3O3S. The number of amides is 1. The molecule has 2 N–H and O–H groups in total. The average Bonchev–Trinajstić information content (AvgIpc) is 2.68. The number of anilines is 1. The Morgan fingerprint density at radius 2 is 2.21 bits per heavy atom. The second kappa shape index (κ2) is 4.80. The Labute approximate surface area is 112 Å². The minimum atomic E-state index is -3.01. The van der Waals surface area contributed by atoms with Crippen molar-refractivity contribution < 1.29 is 13.2 Å². The summed E-state index contributed by atoms with van der Waals surface area (Å²) in [5.74, 6) is -0.127. The van der Waals surface area contributed by atoms with Gasteiger partial charge in [-0.3, -0.25) is 9.78 Å². The van der Waals surface area contributed by atoms with Gasteiger partial charge < -0.3 is 10.6 Å². The molecule has 1 atom stereocenters. The van der Waals surface area contributed by atoms with Gasteiger partial charge in [0.1, 0.15) is 0 Å². The number of carbonyl (C=O) groups is 1. The van der Waals surface area contributed by atoms with Crippen LogP contribution in [-0.4, -0.2) is 48.8 Å². The van der Waals surface area contributed by atoms with Crippen LogP contribution in [-0.2, 0) is 9.84 Å². The largest absolute Gasteiger partial charge is 0.398 e. The van der Waals surface area contributed by atoms with Crippen LogP contribution in [0.2, 0.25) is 0 Å². The molecule has 1 saturated heterocycles. The highest BCUT2D eigenvalue weighted by Gasteiger charge is 2.33. The molecule has 104 valence electrons. The average molecular weight is 283 g/mol. The number of nitrogen functional groups attached to an aromatic ring is 1. The van der Waals surface area contributed by atoms with Gasteiger partial charge in [-0.1, -0.05) is 0 Å². The molecule has 1 amide bonds. The lowest BCUT2D eigenvalue weighted by Crippen LogP contribution is -2.38. The normalized spacial score (nSPS) is 21.3. The van der Waals surface area contributed by atoms with E-state index in [1.165, 1.54) is 11.1 Å². The quantitative estimate of drug-likeness (QED) is 0.838. The summed E-state index contributed by atoms with van der Waals surface area (Å²) >= 11 is 0. The summed E-state index contributed by atoms with van der Waals surface area (Å²) in [6, 6.07) is 1.35. The van der Waals surface area contributed by atoms with Gasteiger partial charge in [0.15, 0.2) is 9.84 Å². The second-order valence-electron chi connectivity index (χ2n) is 4.89. The highest BCUT2D eigenvalue weighted by atomic mass is 32.2. The number of nitrogens with two attached hydrogens (primary N) is 1. The molecule has 0 radical (unpaired) electrons. The minimum absolute atomic E-state index is 0.0223. The van der Waals surface area contributed by atoms with Crippen molar-refractivity contribution in [1.82, 2.24) is 9.88 Å². The zero-order valence-electron chi connectivity index (χ0n) is 11.0. The molecule has 6 nitrogen and oxygen atoms in total. The number of aromatic nitrogens is 1. The van der Waals surface area contributed by atoms with Gasteiger partial charge in [0.25, 0.3) is 5.91 Å². The van der Waals surface area contributed by atoms with Crippen molar-refractivity contribution in [3.8, 4) is 0 Å². The molecule has 1 aromatic rings. The molecule has 2 heterocycles. The maximum atomic E-state index is 12.3. The first kappa shape index (κ1) is 13.8. The van der Waals surface area contributed by atoms with Crippen LogP contribution in [0.3, 0.4) is 0 Å². The Balaban J connectivity index is 2.20. The van der Waals surface area contributed by atoms with E-state index in [1.807, 2.05) is 0 Å². The number of sulfone groups is 1. The number of nitrogens with zero attached hydrogens (tertiary/aromatic N) is 2. The molecule has 1 fully saturated rings. The van der Waals surface area contributed by atoms with E-state index >= 15 is 0 Å². The maximum Gasteiger partial charge on any atom is 0.257 e. The van der Waals surface area contributed by atoms with Crippen LogP contribution < -0.4 is 5.73 Å². The topological polar surface area (TPSA) is 93.4 Å². The molecule has 2 rings (SSSR count). The lowest BCUT2D eigenvalue weighted by Gasteiger charge is -2.23. The lowest BCUT2D eigenvalue weighted by atomic mass is 10.1. The SMILES string of the molecule is Cc1cc(N)c(C(=O)N(C)C2CCS(=O)(=O)C2)cn1. The van der Waals surface area contributed by atoms with Crippen molar-refractivity contribution in [2.45, 2.75) is 19.4 Å². The number of carbonyl (C=O) groups excluding carboxylic acids is 1. The van der Waals surface area contributed by atoms with Crippen LogP contribution in [0.5, 0.6) is 0 Å². The first-order valence-corrected chi connectivity index (χ1v) is 7.82. The summed E-state index contributed by atoms with van der Waals surface area (Å²) in [7, 11) is -1.41. The standard InChI is InChI=1S/C12H17N3O3S/c1-8-5-11(13)10(6-14-8)12(16)15(2)9-3-4-19(17,18)7-9/h5-6,9H,3-4,7H2,1-2H3,(H2,13,14). The second-order valence-corrected chi connectivity index (χ2v) is 7.11. The van der Waals surface area contributed by atoms with Crippen LogP contribution in [0, 0.1) is 6.92 Å². The monoisotopic (exact) mass is 283 g/mol. The van der Waals surface area contributed by atoms with Gasteiger partial charge in [0, 0.05) is 30.7 Å². The molecular weight excluding hydrogens is 266 g/mol. The molecule has 1 aliphatic heterocycles. The minimum Gasteiger partial charge on any atom is -0.398 e. The first-order valence-electron chi connectivity index (χ1n) is 6.00. The fourth-order valence-corrected chi connectivity index (χ4v) is 3.97. The van der Waals surface area contributed by atoms with Gasteiger partial charge in [-0.25, -0.2) is 8.42 Å². The Hall–Kier alpha value is -1.63. The Kier molecular flexibility index (Phi) is 3.49. The van der Waals surface area contributed by atoms with E-state index in [4.69, 9.17) is 5.73 Å². The van der Waals surface area contributed by atoms with Crippen LogP contribution in [0.15, 0.2) is 12.3 Å². The number of hydrogen-bond acceptors (Lipinski definition) is 5. The van der Waals surface area contributed by atoms with Gasteiger partial charge in [0.2, 0.25) is 0 Å². The van der Waals surface area contributed by atoms with Crippen molar-refractivity contribution >= 4 is 21.4 Å². The zero-order valence-corrected chi connectivity index (χ0v) is 11.8. The Morgan fingerprint density at radius 3 is 2.74 bits per heavy atom. The van der Waals surface area contributed by atoms with Gasteiger partial charge >= 0.3 is 0 Å². The van der Waals surface area contributed by atoms with Gasteiger partial charge in [-0.2, -0.15) is 0 Å². The molecule has 0 spiro atoms. The van der Waals surface area contributed by atoms with Crippen LogP contribution in [0.4, 0.5) is 5.69 Å². The van der Waals surface area contributed by atoms with E-state index in [1.54, 1.807) is 20.0 Å². The van der Waals surface area contributed by atoms with Gasteiger partial charge in [0.05, 0.1) is 17.1 Å². The molecule has 1 aliphatic rings. The summed E-state index contributed by atoms with van der Waals surface area (Å²) in [5, 5.41) is 0. The molecule has 1 unspecified atom stereocenters. The first-order chi connectivity index (χ1) is 8.80. The number of aryl methyl sites for hydroxylation is 1. The maximum absolute atomic E-state index is 12.3. The fraction of sp³-hybridized carbons (Fsp3) is 0.500. The Morgan fingerprint density at radius 1 is 1.53 bits per heavy atom. The van der Waals surface area contributed by atoms with Crippen LogP contribution >= 0.6 is 0 Å². The summed E-state index contributed by atoms with van der Waals surface area (Å²) in [6.07, 6.45) is 1.91. The van der Waals surface area contributed by atoms with E-state index in [0.29, 0.717) is 17.7 Å². The number of rotatable bonds is 2. The predicted octanol–water partition coefficient (Wildman–Crippen LogP) is 0.231. The summed E-state index contributed by atoms with van der Waals surface area (Å²) < 4.78 is 22.9. The fourth-order valence-electron chi connectivity index (χ4n) is 2.20. The zero-order chi connectivity index (χ0) is 14.2. The van der Waals surface area contributed by atoms with Crippen molar-refractivity contribution in [2.24, 2.45) is 0 Å².